The van der Waals surface area contributed by atoms with Crippen LogP contribution in [0.25, 0.3) is 10.9 Å². The fourth-order valence-electron chi connectivity index (χ4n) is 3.81. The van der Waals surface area contributed by atoms with E-state index < -0.39 is 11.8 Å². The molecule has 166 valence electrons. The van der Waals surface area contributed by atoms with Crippen LogP contribution < -0.4 is 10.6 Å². The molecule has 3 N–H and O–H groups in total. The van der Waals surface area contributed by atoms with Crippen LogP contribution in [-0.2, 0) is 16.1 Å². The van der Waals surface area contributed by atoms with E-state index in [1.54, 1.807) is 11.0 Å². The van der Waals surface area contributed by atoms with Gasteiger partial charge in [0.2, 0.25) is 0 Å². The number of aromatic nitrogens is 1. The first-order chi connectivity index (χ1) is 15.6. The number of piperazine rings is 1. The van der Waals surface area contributed by atoms with Crippen molar-refractivity contribution in [2.75, 3.05) is 39.3 Å². The van der Waals surface area contributed by atoms with Gasteiger partial charge in [0.05, 0.1) is 0 Å². The molecule has 3 amide bonds. The van der Waals surface area contributed by atoms with Gasteiger partial charge in [0.1, 0.15) is 5.69 Å². The summed E-state index contributed by atoms with van der Waals surface area (Å²) in [6.07, 6.45) is 0. The number of aromatic amines is 1. The van der Waals surface area contributed by atoms with Gasteiger partial charge in [-0.2, -0.15) is 0 Å². The first-order valence-corrected chi connectivity index (χ1v) is 10.8. The van der Waals surface area contributed by atoms with E-state index >= 15 is 0 Å². The van der Waals surface area contributed by atoms with Gasteiger partial charge in [0.15, 0.2) is 0 Å². The molecule has 0 saturated carbocycles. The number of carbonyl (C=O) groups excluding carboxylic acids is 3. The highest BCUT2D eigenvalue weighted by molar-refractivity contribution is 6.35. The summed E-state index contributed by atoms with van der Waals surface area (Å²) in [5.74, 6) is -1.41. The number of benzene rings is 2. The summed E-state index contributed by atoms with van der Waals surface area (Å²) >= 11 is 0. The molecule has 0 radical (unpaired) electrons. The highest BCUT2D eigenvalue weighted by Gasteiger charge is 2.25. The van der Waals surface area contributed by atoms with E-state index in [9.17, 15) is 14.4 Å². The van der Waals surface area contributed by atoms with E-state index in [1.165, 1.54) is 5.56 Å². The zero-order valence-corrected chi connectivity index (χ0v) is 17.8. The van der Waals surface area contributed by atoms with Crippen LogP contribution in [0, 0.1) is 0 Å². The van der Waals surface area contributed by atoms with E-state index in [4.69, 9.17) is 0 Å². The van der Waals surface area contributed by atoms with Gasteiger partial charge in [-0.1, -0.05) is 48.5 Å². The molecule has 0 atom stereocenters. The standard InChI is InChI=1S/C24H27N5O3/c30-22(21-16-19-8-4-5-9-20(19)27-21)25-10-11-26-23(31)24(32)29-14-12-28(13-15-29)17-18-6-2-1-3-7-18/h1-9,16,27H,10-15,17H2,(H,25,30)(H,26,31). The molecule has 4 rings (SSSR count). The van der Waals surface area contributed by atoms with Crippen LogP contribution in [0.15, 0.2) is 60.7 Å². The Morgan fingerprint density at radius 3 is 2.28 bits per heavy atom. The van der Waals surface area contributed by atoms with Gasteiger partial charge in [-0.3, -0.25) is 19.3 Å². The quantitative estimate of drug-likeness (QED) is 0.404. The molecule has 1 fully saturated rings. The summed E-state index contributed by atoms with van der Waals surface area (Å²) in [4.78, 5) is 43.8. The number of carbonyl (C=O) groups is 3. The lowest BCUT2D eigenvalue weighted by Gasteiger charge is -2.34. The van der Waals surface area contributed by atoms with Gasteiger partial charge in [0, 0.05) is 56.7 Å². The molecule has 2 heterocycles. The zero-order chi connectivity index (χ0) is 22.3. The van der Waals surface area contributed by atoms with E-state index in [-0.39, 0.29) is 19.0 Å². The van der Waals surface area contributed by atoms with E-state index in [2.05, 4.69) is 32.7 Å². The minimum absolute atomic E-state index is 0.185. The Morgan fingerprint density at radius 1 is 0.844 bits per heavy atom. The number of H-pyrrole nitrogens is 1. The largest absolute Gasteiger partial charge is 0.351 e. The third-order valence-electron chi connectivity index (χ3n) is 5.57. The van der Waals surface area contributed by atoms with Gasteiger partial charge < -0.3 is 20.5 Å². The van der Waals surface area contributed by atoms with Crippen molar-refractivity contribution in [1.29, 1.82) is 0 Å². The zero-order valence-electron chi connectivity index (χ0n) is 17.8. The number of rotatable bonds is 6. The van der Waals surface area contributed by atoms with Gasteiger partial charge in [-0.15, -0.1) is 0 Å². The van der Waals surface area contributed by atoms with Crippen LogP contribution in [-0.4, -0.2) is 71.8 Å². The average molecular weight is 434 g/mol. The molecular formula is C24H27N5O3. The number of nitrogens with zero attached hydrogens (tertiary/aromatic N) is 2. The molecule has 1 saturated heterocycles. The Balaban J connectivity index is 1.16. The maximum atomic E-state index is 12.4. The maximum absolute atomic E-state index is 12.4. The summed E-state index contributed by atoms with van der Waals surface area (Å²) in [5, 5.41) is 6.30. The SMILES string of the molecule is O=C(NCCNC(=O)c1cc2ccccc2[nH]1)C(=O)N1CCN(Cc2ccccc2)CC1. The molecule has 1 aromatic heterocycles. The average Bonchev–Trinajstić information content (AvgIpc) is 3.27. The third-order valence-corrected chi connectivity index (χ3v) is 5.57. The Bertz CT molecular complexity index is 1050. The first kappa shape index (κ1) is 21.6. The molecule has 0 aliphatic carbocycles. The molecule has 8 nitrogen and oxygen atoms in total. The second-order valence-corrected chi connectivity index (χ2v) is 7.84. The Kier molecular flexibility index (Phi) is 6.81. The predicted octanol–water partition coefficient (Wildman–Crippen LogP) is 1.36. The summed E-state index contributed by atoms with van der Waals surface area (Å²) < 4.78 is 0. The fraction of sp³-hybridized carbons (Fsp3) is 0.292. The Labute approximate surface area is 186 Å². The predicted molar refractivity (Wildman–Crippen MR) is 122 cm³/mol. The van der Waals surface area contributed by atoms with Crippen LogP contribution in [0.4, 0.5) is 0 Å². The smallest absolute Gasteiger partial charge is 0.311 e. The van der Waals surface area contributed by atoms with E-state index in [0.29, 0.717) is 18.8 Å². The molecule has 32 heavy (non-hydrogen) atoms. The molecule has 8 heteroatoms. The number of para-hydroxylation sites is 1. The normalized spacial score (nSPS) is 14.3. The van der Waals surface area contributed by atoms with Crippen molar-refractivity contribution in [3.63, 3.8) is 0 Å². The highest BCUT2D eigenvalue weighted by atomic mass is 16.2. The van der Waals surface area contributed by atoms with E-state index in [0.717, 1.165) is 30.5 Å². The summed E-state index contributed by atoms with van der Waals surface area (Å²) in [7, 11) is 0. The molecular weight excluding hydrogens is 406 g/mol. The number of hydrogen-bond acceptors (Lipinski definition) is 4. The molecule has 3 aromatic rings. The third kappa shape index (κ3) is 5.33. The van der Waals surface area contributed by atoms with Crippen LogP contribution in [0.5, 0.6) is 0 Å². The molecule has 0 spiro atoms. The lowest BCUT2D eigenvalue weighted by atomic mass is 10.2. The number of fused-ring (bicyclic) bond motifs is 1. The first-order valence-electron chi connectivity index (χ1n) is 10.8. The van der Waals surface area contributed by atoms with Crippen molar-refractivity contribution in [2.24, 2.45) is 0 Å². The van der Waals surface area contributed by atoms with Gasteiger partial charge in [0.25, 0.3) is 5.91 Å². The monoisotopic (exact) mass is 433 g/mol. The van der Waals surface area contributed by atoms with Crippen molar-refractivity contribution in [3.8, 4) is 0 Å². The Hall–Kier alpha value is -3.65. The maximum Gasteiger partial charge on any atom is 0.311 e. The van der Waals surface area contributed by atoms with Crippen molar-refractivity contribution in [1.82, 2.24) is 25.4 Å². The lowest BCUT2D eigenvalue weighted by Crippen LogP contribution is -2.52. The second-order valence-electron chi connectivity index (χ2n) is 7.84. The minimum Gasteiger partial charge on any atom is -0.351 e. The summed E-state index contributed by atoms with van der Waals surface area (Å²) in [6, 6.07) is 19.6. The minimum atomic E-state index is -0.638. The highest BCUT2D eigenvalue weighted by Crippen LogP contribution is 2.14. The molecule has 1 aliphatic rings. The summed E-state index contributed by atoms with van der Waals surface area (Å²) in [5.41, 5.74) is 2.59. The Morgan fingerprint density at radius 2 is 1.53 bits per heavy atom. The second kappa shape index (κ2) is 10.1. The van der Waals surface area contributed by atoms with E-state index in [1.807, 2.05) is 42.5 Å². The van der Waals surface area contributed by atoms with Crippen molar-refractivity contribution in [3.05, 3.63) is 71.9 Å². The van der Waals surface area contributed by atoms with Crippen LogP contribution >= 0.6 is 0 Å². The van der Waals surface area contributed by atoms with Crippen molar-refractivity contribution < 1.29 is 14.4 Å². The van der Waals surface area contributed by atoms with Gasteiger partial charge >= 0.3 is 11.8 Å². The topological polar surface area (TPSA) is 97.5 Å². The fourth-order valence-corrected chi connectivity index (χ4v) is 3.81. The van der Waals surface area contributed by atoms with Crippen LogP contribution in [0.1, 0.15) is 16.1 Å². The molecule has 2 aromatic carbocycles. The molecule has 0 unspecified atom stereocenters. The van der Waals surface area contributed by atoms with Crippen molar-refractivity contribution >= 4 is 28.6 Å². The van der Waals surface area contributed by atoms with Crippen molar-refractivity contribution in [2.45, 2.75) is 6.54 Å². The molecule has 1 aliphatic heterocycles. The summed E-state index contributed by atoms with van der Waals surface area (Å²) in [6.45, 7) is 3.77. The lowest BCUT2D eigenvalue weighted by molar-refractivity contribution is -0.147. The number of nitrogens with one attached hydrogen (secondary N) is 3. The number of amides is 3. The molecule has 0 bridgehead atoms. The van der Waals surface area contributed by atoms with Crippen LogP contribution in [0.2, 0.25) is 0 Å². The number of hydrogen-bond donors (Lipinski definition) is 3. The van der Waals surface area contributed by atoms with Gasteiger partial charge in [-0.05, 0) is 17.7 Å². The van der Waals surface area contributed by atoms with Gasteiger partial charge in [-0.25, -0.2) is 0 Å². The van der Waals surface area contributed by atoms with Crippen LogP contribution in [0.3, 0.4) is 0 Å².